The molecule has 0 unspecified atom stereocenters. The third-order valence-corrected chi connectivity index (χ3v) is 8.25. The summed E-state index contributed by atoms with van der Waals surface area (Å²) < 4.78 is 59.8. The van der Waals surface area contributed by atoms with Crippen LogP contribution >= 0.6 is 0 Å². The summed E-state index contributed by atoms with van der Waals surface area (Å²) in [6.07, 6.45) is -0.753. The van der Waals surface area contributed by atoms with Crippen LogP contribution in [0.1, 0.15) is 22.8 Å². The smallest absolute Gasteiger partial charge is 0.432 e. The standard InChI is InChI=1S/C29H31F2N5O6S/c1-17(16-42-4)32-25-11-18(9-10-35(2)3)5-7-23(25)28(37)33-27-24-15-21(6-8-26(24)36(34-27)29(38)39)43(40,41)22-13-19(30)12-20(31)14-22/h5-8,11-15,17,32H,9-10,16H2,1-4H3,(H,38,39)(H,33,34,37)/t17-/m0/s1. The molecule has 0 saturated carbocycles. The number of hydrogen-bond acceptors (Lipinski definition) is 8. The Morgan fingerprint density at radius 3 is 2.37 bits per heavy atom. The second-order valence-electron chi connectivity index (χ2n) is 10.2. The first kappa shape index (κ1) is 31.5. The van der Waals surface area contributed by atoms with Gasteiger partial charge < -0.3 is 25.4 Å². The highest BCUT2D eigenvalue weighted by Crippen LogP contribution is 2.31. The summed E-state index contributed by atoms with van der Waals surface area (Å²) in [5, 5.41) is 19.5. The molecule has 3 aromatic carbocycles. The van der Waals surface area contributed by atoms with E-state index in [0.717, 1.165) is 30.7 Å². The van der Waals surface area contributed by atoms with E-state index in [4.69, 9.17) is 4.74 Å². The molecule has 0 bridgehead atoms. The molecule has 0 spiro atoms. The number of ether oxygens (including phenoxy) is 1. The largest absolute Gasteiger partial charge is 0.463 e. The van der Waals surface area contributed by atoms with Gasteiger partial charge in [-0.25, -0.2) is 22.0 Å². The number of nitrogens with zero attached hydrogens (tertiary/aromatic N) is 3. The van der Waals surface area contributed by atoms with Crippen LogP contribution in [0.4, 0.5) is 25.1 Å². The van der Waals surface area contributed by atoms with Crippen molar-refractivity contribution in [1.82, 2.24) is 14.7 Å². The molecular formula is C29H31F2N5O6S. The lowest BCUT2D eigenvalue weighted by molar-refractivity contribution is 0.102. The number of amides is 1. The van der Waals surface area contributed by atoms with Gasteiger partial charge >= 0.3 is 6.09 Å². The fourth-order valence-electron chi connectivity index (χ4n) is 4.47. The van der Waals surface area contributed by atoms with Gasteiger partial charge in [0.05, 0.1) is 27.5 Å². The minimum Gasteiger partial charge on any atom is -0.463 e. The molecule has 43 heavy (non-hydrogen) atoms. The van der Waals surface area contributed by atoms with Crippen LogP contribution in [-0.4, -0.2) is 80.6 Å². The van der Waals surface area contributed by atoms with Crippen molar-refractivity contribution in [2.75, 3.05) is 45.0 Å². The van der Waals surface area contributed by atoms with E-state index in [2.05, 4.69) is 15.7 Å². The molecule has 0 saturated heterocycles. The Morgan fingerprint density at radius 2 is 1.74 bits per heavy atom. The van der Waals surface area contributed by atoms with Crippen molar-refractivity contribution >= 4 is 44.2 Å². The third-order valence-electron chi connectivity index (χ3n) is 6.52. The summed E-state index contributed by atoms with van der Waals surface area (Å²) >= 11 is 0. The SMILES string of the molecule is COC[C@H](C)Nc1cc(CCN(C)C)ccc1C(=O)Nc1nn(C(=O)O)c2ccc(S(=O)(=O)c3cc(F)cc(F)c3)cc12. The number of benzene rings is 3. The van der Waals surface area contributed by atoms with Gasteiger partial charge in [-0.3, -0.25) is 4.79 Å². The number of hydrogen-bond donors (Lipinski definition) is 3. The molecule has 3 N–H and O–H groups in total. The third kappa shape index (κ3) is 7.16. The number of fused-ring (bicyclic) bond motifs is 1. The van der Waals surface area contributed by atoms with Gasteiger partial charge in [0.25, 0.3) is 5.91 Å². The maximum atomic E-state index is 13.8. The number of sulfone groups is 1. The number of carbonyl (C=O) groups is 2. The molecule has 4 rings (SSSR count). The second-order valence-corrected chi connectivity index (χ2v) is 12.2. The molecule has 0 aliphatic carbocycles. The summed E-state index contributed by atoms with van der Waals surface area (Å²) in [4.78, 5) is 26.5. The Hall–Kier alpha value is -4.40. The normalized spacial score (nSPS) is 12.4. The summed E-state index contributed by atoms with van der Waals surface area (Å²) in [6.45, 7) is 3.03. The van der Waals surface area contributed by atoms with Gasteiger partial charge in [-0.1, -0.05) is 6.07 Å². The molecule has 0 aliphatic rings. The van der Waals surface area contributed by atoms with Crippen LogP contribution in [0.15, 0.2) is 64.4 Å². The molecule has 0 radical (unpaired) electrons. The molecule has 228 valence electrons. The fourth-order valence-corrected chi connectivity index (χ4v) is 5.80. The Labute approximate surface area is 247 Å². The lowest BCUT2D eigenvalue weighted by Gasteiger charge is -2.19. The second kappa shape index (κ2) is 12.9. The fraction of sp³-hybridized carbons (Fsp3) is 0.276. The van der Waals surface area contributed by atoms with Crippen molar-refractivity contribution in [2.45, 2.75) is 29.2 Å². The van der Waals surface area contributed by atoms with Crippen LogP contribution in [0.25, 0.3) is 10.9 Å². The lowest BCUT2D eigenvalue weighted by atomic mass is 10.0. The Kier molecular flexibility index (Phi) is 9.43. The maximum absolute atomic E-state index is 13.8. The maximum Gasteiger partial charge on any atom is 0.432 e. The Balaban J connectivity index is 1.76. The van der Waals surface area contributed by atoms with Crippen molar-refractivity contribution in [2.24, 2.45) is 0 Å². The number of nitrogens with one attached hydrogen (secondary N) is 2. The predicted molar refractivity (Wildman–Crippen MR) is 157 cm³/mol. The summed E-state index contributed by atoms with van der Waals surface area (Å²) in [6, 6.07) is 10.4. The van der Waals surface area contributed by atoms with Crippen LogP contribution < -0.4 is 10.6 Å². The highest BCUT2D eigenvalue weighted by Gasteiger charge is 2.24. The minimum atomic E-state index is -4.43. The van der Waals surface area contributed by atoms with Crippen molar-refractivity contribution in [3.05, 3.63) is 77.4 Å². The summed E-state index contributed by atoms with van der Waals surface area (Å²) in [5.74, 6) is -3.02. The van der Waals surface area contributed by atoms with E-state index in [1.807, 2.05) is 32.0 Å². The average Bonchev–Trinajstić information content (AvgIpc) is 3.29. The van der Waals surface area contributed by atoms with Gasteiger partial charge in [-0.05, 0) is 75.5 Å². The van der Waals surface area contributed by atoms with E-state index >= 15 is 0 Å². The zero-order valence-corrected chi connectivity index (χ0v) is 24.7. The van der Waals surface area contributed by atoms with Gasteiger partial charge in [0.1, 0.15) is 11.6 Å². The quantitative estimate of drug-likeness (QED) is 0.223. The summed E-state index contributed by atoms with van der Waals surface area (Å²) in [7, 11) is 1.04. The number of aromatic nitrogens is 2. The highest BCUT2D eigenvalue weighted by atomic mass is 32.2. The number of methoxy groups -OCH3 is 1. The van der Waals surface area contributed by atoms with E-state index in [1.165, 1.54) is 6.07 Å². The molecule has 14 heteroatoms. The Bertz CT molecular complexity index is 1770. The first-order chi connectivity index (χ1) is 20.3. The van der Waals surface area contributed by atoms with Gasteiger partial charge in [0.15, 0.2) is 5.82 Å². The van der Waals surface area contributed by atoms with Crippen LogP contribution in [0, 0.1) is 11.6 Å². The van der Waals surface area contributed by atoms with E-state index in [0.29, 0.717) is 35.2 Å². The van der Waals surface area contributed by atoms with E-state index < -0.39 is 38.4 Å². The van der Waals surface area contributed by atoms with E-state index in [-0.39, 0.29) is 33.2 Å². The topological polar surface area (TPSA) is 143 Å². The number of halogens is 2. The zero-order chi connectivity index (χ0) is 31.5. The van der Waals surface area contributed by atoms with Gasteiger partial charge in [0, 0.05) is 36.8 Å². The van der Waals surface area contributed by atoms with Crippen LogP contribution in [0.5, 0.6) is 0 Å². The summed E-state index contributed by atoms with van der Waals surface area (Å²) in [5.41, 5.74) is 1.70. The first-order valence-corrected chi connectivity index (χ1v) is 14.6. The molecule has 1 amide bonds. The molecule has 0 fully saturated rings. The molecule has 1 heterocycles. The van der Waals surface area contributed by atoms with Gasteiger partial charge in [0.2, 0.25) is 9.84 Å². The molecule has 0 aliphatic heterocycles. The minimum absolute atomic E-state index is 0.0152. The van der Waals surface area contributed by atoms with Crippen molar-refractivity contribution < 1.29 is 36.6 Å². The molecule has 1 aromatic heterocycles. The van der Waals surface area contributed by atoms with Crippen LogP contribution in [0.2, 0.25) is 0 Å². The average molecular weight is 616 g/mol. The van der Waals surface area contributed by atoms with E-state index in [1.54, 1.807) is 19.2 Å². The number of anilines is 2. The number of rotatable bonds is 11. The molecule has 4 aromatic rings. The Morgan fingerprint density at radius 1 is 1.05 bits per heavy atom. The zero-order valence-electron chi connectivity index (χ0n) is 23.9. The van der Waals surface area contributed by atoms with Gasteiger partial charge in [-0.15, -0.1) is 5.10 Å². The highest BCUT2D eigenvalue weighted by molar-refractivity contribution is 7.91. The number of likely N-dealkylation sites (N-methyl/N-ethyl adjacent to an activating group) is 1. The number of carbonyl (C=O) groups excluding carboxylic acids is 1. The van der Waals surface area contributed by atoms with Crippen LogP contribution in [0.3, 0.4) is 0 Å². The van der Waals surface area contributed by atoms with Gasteiger partial charge in [-0.2, -0.15) is 4.68 Å². The van der Waals surface area contributed by atoms with Crippen molar-refractivity contribution in [3.63, 3.8) is 0 Å². The van der Waals surface area contributed by atoms with Crippen LogP contribution in [-0.2, 0) is 21.0 Å². The first-order valence-electron chi connectivity index (χ1n) is 13.1. The van der Waals surface area contributed by atoms with Crippen molar-refractivity contribution in [1.29, 1.82) is 0 Å². The van der Waals surface area contributed by atoms with E-state index in [9.17, 15) is 31.9 Å². The molecule has 11 nitrogen and oxygen atoms in total. The monoisotopic (exact) mass is 615 g/mol. The van der Waals surface area contributed by atoms with Crippen molar-refractivity contribution in [3.8, 4) is 0 Å². The lowest BCUT2D eigenvalue weighted by Crippen LogP contribution is -2.24. The number of carboxylic acid groups (broad SMARTS) is 1. The predicted octanol–water partition coefficient (Wildman–Crippen LogP) is 4.48. The molecule has 1 atom stereocenters. The molecular weight excluding hydrogens is 584 g/mol.